The Hall–Kier alpha value is -13.6. The second-order valence-electron chi connectivity index (χ2n) is 26.5. The number of thiophene rings is 2. The third-order valence-corrected chi connectivity index (χ3v) is 22.5. The summed E-state index contributed by atoms with van der Waals surface area (Å²) in [5, 5.41) is 9.67. The summed E-state index contributed by atoms with van der Waals surface area (Å²) < 4.78 is 9.58. The van der Waals surface area contributed by atoms with Gasteiger partial charge in [-0.2, -0.15) is 0 Å². The normalized spacial score (nSPS) is 11.6. The predicted molar refractivity (Wildman–Crippen MR) is 443 cm³/mol. The largest absolute Gasteiger partial charge is 0.309 e. The zero-order valence-corrected chi connectivity index (χ0v) is 58.7. The molecule has 0 aliphatic rings. The van der Waals surface area contributed by atoms with Crippen LogP contribution in [0.2, 0.25) is 0 Å². The smallest absolute Gasteiger partial charge is 0.165 e. The fraction of sp³-hybridized carbons (Fsp3) is 0. The Morgan fingerprint density at radius 3 is 0.868 bits per heavy atom. The topological polar surface area (TPSA) is 87.2 Å². The van der Waals surface area contributed by atoms with E-state index in [0.29, 0.717) is 34.9 Å². The van der Waals surface area contributed by atoms with Crippen LogP contribution in [-0.4, -0.2) is 39.0 Å². The maximum Gasteiger partial charge on any atom is 0.165 e. The molecule has 6 aromatic heterocycles. The minimum Gasteiger partial charge on any atom is -0.309 e. The maximum absolute atomic E-state index is 5.33. The average molecular weight is 1390 g/mol. The van der Waals surface area contributed by atoms with Gasteiger partial charge in [0.2, 0.25) is 0 Å². The zero-order valence-electron chi connectivity index (χ0n) is 57.0. The Bertz CT molecular complexity index is 6880. The number of aromatic nitrogens is 8. The van der Waals surface area contributed by atoms with Crippen molar-refractivity contribution in [2.24, 2.45) is 0 Å². The van der Waals surface area contributed by atoms with Crippen molar-refractivity contribution in [3.63, 3.8) is 0 Å². The second kappa shape index (κ2) is 26.3. The molecule has 0 atom stereocenters. The number of hydrogen-bond acceptors (Lipinski definition) is 8. The molecule has 0 fully saturated rings. The van der Waals surface area contributed by atoms with E-state index in [9.17, 15) is 0 Å². The van der Waals surface area contributed by atoms with E-state index in [-0.39, 0.29) is 0 Å². The van der Waals surface area contributed by atoms with Gasteiger partial charge in [0.05, 0.1) is 22.1 Å². The van der Waals surface area contributed by atoms with E-state index in [1.54, 1.807) is 22.7 Å². The quantitative estimate of drug-likeness (QED) is 0.128. The Balaban J connectivity index is 0.000000141. The number of para-hydroxylation sites is 2. The molecule has 10 heteroatoms. The lowest BCUT2D eigenvalue weighted by Gasteiger charge is -2.14. The lowest BCUT2D eigenvalue weighted by Crippen LogP contribution is -2.01. The van der Waals surface area contributed by atoms with Crippen LogP contribution in [-0.2, 0) is 0 Å². The van der Waals surface area contributed by atoms with Crippen molar-refractivity contribution >= 4 is 107 Å². The van der Waals surface area contributed by atoms with Gasteiger partial charge in [-0.05, 0) is 100 Å². The van der Waals surface area contributed by atoms with E-state index >= 15 is 0 Å². The van der Waals surface area contributed by atoms with Gasteiger partial charge in [0.1, 0.15) is 0 Å². The van der Waals surface area contributed by atoms with Crippen LogP contribution in [0.3, 0.4) is 0 Å². The SMILES string of the molecule is c1ccc(-c2ccc3c4ccccc4n(-c4cc(-c5nc(-c6ccccc6)nc(-c6ccccc6)n5)c5sc6ccccc6c5c4)c3c2)cc1.c1ccc(-c2cccc(-c3nc(-c4ccccc4)nc(-c4cc(-n5c6ccccc6c6ccc(-c7ccccc7)cc65)cc5c4sc4ccccc45)n3)c2)cc1. The third-order valence-electron chi connectivity index (χ3n) is 20.1. The second-order valence-corrected chi connectivity index (χ2v) is 28.6. The molecule has 0 amide bonds. The van der Waals surface area contributed by atoms with Crippen LogP contribution in [0.25, 0.3) is 197 Å². The first-order chi connectivity index (χ1) is 52.5. The van der Waals surface area contributed by atoms with Crippen molar-refractivity contribution in [2.75, 3.05) is 0 Å². The zero-order chi connectivity index (χ0) is 70.0. The average Bonchev–Trinajstić information content (AvgIpc) is 1.57. The van der Waals surface area contributed by atoms with E-state index in [4.69, 9.17) is 29.9 Å². The van der Waals surface area contributed by atoms with Crippen LogP contribution in [0.15, 0.2) is 364 Å². The van der Waals surface area contributed by atoms with Crippen molar-refractivity contribution in [1.29, 1.82) is 0 Å². The van der Waals surface area contributed by atoms with E-state index in [2.05, 4.69) is 312 Å². The van der Waals surface area contributed by atoms with Crippen LogP contribution in [0.1, 0.15) is 0 Å². The van der Waals surface area contributed by atoms with Crippen LogP contribution >= 0.6 is 22.7 Å². The fourth-order valence-corrected chi connectivity index (χ4v) is 17.5. The highest BCUT2D eigenvalue weighted by Crippen LogP contribution is 2.47. The standard InChI is InChI=1S/C51H32N4S.C45H28N4S/c1-4-15-33(16-5-1)36-21-14-22-38(29-36)50-52-49(35-19-8-3-9-20-35)53-51(54-50)44-32-39(31-43-42-24-11-13-26-47(42)56-48(43)44)55-45-25-12-10-23-40(45)41-28-27-37(30-46(41)55)34-17-6-2-7-18-34;1-4-14-29(15-5-1)32-24-25-35-34-20-10-12-22-39(34)49(40(35)26-32)33-27-37-36-21-11-13-23-41(36)50-42(37)38(28-33)45-47-43(30-16-6-2-7-17-30)46-44(48-45)31-18-8-3-9-19-31/h1-32H;1-28H. The molecule has 0 bridgehead atoms. The minimum atomic E-state index is 0.635. The van der Waals surface area contributed by atoms with E-state index in [0.717, 1.165) is 87.3 Å². The van der Waals surface area contributed by atoms with E-state index in [1.807, 2.05) is 60.7 Å². The molecule has 6 heterocycles. The molecule has 0 aliphatic carbocycles. The fourth-order valence-electron chi connectivity index (χ4n) is 15.1. The minimum absolute atomic E-state index is 0.635. The monoisotopic (exact) mass is 1390 g/mol. The molecule has 21 rings (SSSR count). The van der Waals surface area contributed by atoms with Gasteiger partial charge in [-0.3, -0.25) is 0 Å². The number of hydrogen-bond donors (Lipinski definition) is 0. The van der Waals surface area contributed by atoms with Crippen LogP contribution < -0.4 is 0 Å². The summed E-state index contributed by atoms with van der Waals surface area (Å²) in [6.45, 7) is 0. The summed E-state index contributed by atoms with van der Waals surface area (Å²) in [4.78, 5) is 31.1. The van der Waals surface area contributed by atoms with Crippen LogP contribution in [0.4, 0.5) is 0 Å². The van der Waals surface area contributed by atoms with Gasteiger partial charge in [-0.15, -0.1) is 22.7 Å². The molecule has 0 saturated carbocycles. The van der Waals surface area contributed by atoms with Crippen LogP contribution in [0, 0.1) is 0 Å². The van der Waals surface area contributed by atoms with Gasteiger partial charge in [-0.1, -0.05) is 297 Å². The Labute approximate surface area is 618 Å². The molecule has 106 heavy (non-hydrogen) atoms. The molecule has 8 nitrogen and oxygen atoms in total. The summed E-state index contributed by atoms with van der Waals surface area (Å²) in [6, 6.07) is 128. The van der Waals surface area contributed by atoms with Crippen LogP contribution in [0.5, 0.6) is 0 Å². The van der Waals surface area contributed by atoms with Gasteiger partial charge in [0.15, 0.2) is 34.9 Å². The Kier molecular flexibility index (Phi) is 15.4. The molecular formula is C96H60N8S2. The lowest BCUT2D eigenvalue weighted by atomic mass is 10.0. The van der Waals surface area contributed by atoms with Crippen molar-refractivity contribution in [1.82, 2.24) is 39.0 Å². The molecule has 21 aromatic rings. The molecule has 0 N–H and O–H groups in total. The number of rotatable bonds is 11. The highest BCUT2D eigenvalue weighted by atomic mass is 32.1. The van der Waals surface area contributed by atoms with Gasteiger partial charge in [-0.25, -0.2) is 29.9 Å². The van der Waals surface area contributed by atoms with Gasteiger partial charge >= 0.3 is 0 Å². The molecular weight excluding hydrogens is 1330 g/mol. The van der Waals surface area contributed by atoms with Gasteiger partial charge < -0.3 is 9.13 Å². The first-order valence-electron chi connectivity index (χ1n) is 35.5. The highest BCUT2D eigenvalue weighted by molar-refractivity contribution is 7.26. The van der Waals surface area contributed by atoms with Gasteiger partial charge in [0, 0.05) is 107 Å². The molecule has 0 saturated heterocycles. The van der Waals surface area contributed by atoms with Crippen molar-refractivity contribution in [3.8, 4) is 113 Å². The molecule has 0 aliphatic heterocycles. The molecule has 0 unspecified atom stereocenters. The van der Waals surface area contributed by atoms with Crippen molar-refractivity contribution in [3.05, 3.63) is 364 Å². The highest BCUT2D eigenvalue weighted by Gasteiger charge is 2.24. The molecule has 496 valence electrons. The van der Waals surface area contributed by atoms with E-state index < -0.39 is 0 Å². The Morgan fingerprint density at radius 1 is 0.179 bits per heavy atom. The van der Waals surface area contributed by atoms with Gasteiger partial charge in [0.25, 0.3) is 0 Å². The lowest BCUT2D eigenvalue weighted by molar-refractivity contribution is 1.07. The predicted octanol–water partition coefficient (Wildman–Crippen LogP) is 25.7. The molecule has 15 aromatic carbocycles. The molecule has 0 spiro atoms. The summed E-state index contributed by atoms with van der Waals surface area (Å²) in [7, 11) is 0. The number of benzene rings is 15. The van der Waals surface area contributed by atoms with E-state index in [1.165, 1.54) is 74.7 Å². The maximum atomic E-state index is 5.33. The van der Waals surface area contributed by atoms with Crippen molar-refractivity contribution in [2.45, 2.75) is 0 Å². The third kappa shape index (κ3) is 11.2. The number of nitrogens with zero attached hydrogens (tertiary/aromatic N) is 8. The summed E-state index contributed by atoms with van der Waals surface area (Å²) in [5.41, 5.74) is 19.5. The summed E-state index contributed by atoms with van der Waals surface area (Å²) in [6.07, 6.45) is 0. The summed E-state index contributed by atoms with van der Waals surface area (Å²) in [5.74, 6) is 3.87. The Morgan fingerprint density at radius 2 is 0.472 bits per heavy atom. The first kappa shape index (κ1) is 62.2. The molecule has 0 radical (unpaired) electrons. The first-order valence-corrected chi connectivity index (χ1v) is 37.1. The number of fused-ring (bicyclic) bond motifs is 12. The van der Waals surface area contributed by atoms with Crippen molar-refractivity contribution < 1.29 is 0 Å². The summed E-state index contributed by atoms with van der Waals surface area (Å²) >= 11 is 3.58.